The first-order chi connectivity index (χ1) is 15.0. The van der Waals surface area contributed by atoms with Crippen LogP contribution in [-0.2, 0) is 6.54 Å². The fraction of sp³-hybridized carbons (Fsp3) is 0.231. The van der Waals surface area contributed by atoms with Crippen LogP contribution in [-0.4, -0.2) is 35.1 Å². The van der Waals surface area contributed by atoms with Gasteiger partial charge in [-0.2, -0.15) is 0 Å². The van der Waals surface area contributed by atoms with Crippen molar-refractivity contribution in [1.82, 2.24) is 14.5 Å². The molecule has 1 unspecified atom stereocenters. The van der Waals surface area contributed by atoms with E-state index >= 15 is 0 Å². The van der Waals surface area contributed by atoms with Gasteiger partial charge in [-0.3, -0.25) is 5.41 Å². The number of likely N-dealkylation sites (N-methyl/N-ethyl adjacent to an activating group) is 1. The van der Waals surface area contributed by atoms with E-state index in [1.54, 1.807) is 6.33 Å². The Morgan fingerprint density at radius 2 is 1.81 bits per heavy atom. The average Bonchev–Trinajstić information content (AvgIpc) is 2.78. The van der Waals surface area contributed by atoms with Crippen LogP contribution in [0.3, 0.4) is 0 Å². The van der Waals surface area contributed by atoms with E-state index in [4.69, 9.17) is 10.1 Å². The lowest BCUT2D eigenvalue weighted by Crippen LogP contribution is -2.32. The Hall–Kier alpha value is -3.44. The van der Waals surface area contributed by atoms with Gasteiger partial charge in [-0.05, 0) is 32.0 Å². The minimum absolute atomic E-state index is 0.101. The molecular formula is C26H26N4O. The molecule has 31 heavy (non-hydrogen) atoms. The van der Waals surface area contributed by atoms with Crippen molar-refractivity contribution in [3.63, 3.8) is 0 Å². The van der Waals surface area contributed by atoms with Gasteiger partial charge in [0.25, 0.3) is 0 Å². The molecule has 1 atom stereocenters. The summed E-state index contributed by atoms with van der Waals surface area (Å²) in [5, 5.41) is 11.2. The highest BCUT2D eigenvalue weighted by Crippen LogP contribution is 2.47. The van der Waals surface area contributed by atoms with Crippen LogP contribution in [0.25, 0.3) is 10.8 Å². The lowest BCUT2D eigenvalue weighted by Gasteiger charge is -2.29. The molecule has 1 N–H and O–H groups in total. The molecule has 0 fully saturated rings. The molecule has 5 nitrogen and oxygen atoms in total. The minimum atomic E-state index is -0.101. The maximum Gasteiger partial charge on any atom is 0.228 e. The number of nitrogens with one attached hydrogen (secondary N) is 1. The Morgan fingerprint density at radius 1 is 1.03 bits per heavy atom. The fourth-order valence-corrected chi connectivity index (χ4v) is 4.28. The van der Waals surface area contributed by atoms with E-state index in [9.17, 15) is 0 Å². The van der Waals surface area contributed by atoms with Crippen molar-refractivity contribution in [2.75, 3.05) is 20.6 Å². The fourth-order valence-electron chi connectivity index (χ4n) is 4.28. The number of aromatic nitrogens is 2. The highest BCUT2D eigenvalue weighted by atomic mass is 16.5. The Morgan fingerprint density at radius 3 is 2.58 bits per heavy atom. The first-order valence-electron chi connectivity index (χ1n) is 10.6. The van der Waals surface area contributed by atoms with Gasteiger partial charge in [-0.15, -0.1) is 0 Å². The van der Waals surface area contributed by atoms with Gasteiger partial charge in [0.05, 0.1) is 5.56 Å². The van der Waals surface area contributed by atoms with Crippen LogP contribution < -0.4 is 10.2 Å². The second-order valence-corrected chi connectivity index (χ2v) is 8.46. The van der Waals surface area contributed by atoms with E-state index < -0.39 is 0 Å². The normalized spacial score (nSPS) is 14.9. The monoisotopic (exact) mass is 410 g/mol. The van der Waals surface area contributed by atoms with Gasteiger partial charge in [0.2, 0.25) is 5.88 Å². The number of hydrogen-bond donors (Lipinski definition) is 1. The van der Waals surface area contributed by atoms with Crippen LogP contribution >= 0.6 is 0 Å². The van der Waals surface area contributed by atoms with Crippen LogP contribution in [0.15, 0.2) is 67.0 Å². The third-order valence-corrected chi connectivity index (χ3v) is 5.99. The molecule has 156 valence electrons. The number of aryl methyl sites for hydroxylation is 1. The Labute approximate surface area is 182 Å². The van der Waals surface area contributed by atoms with Crippen molar-refractivity contribution in [1.29, 1.82) is 5.41 Å². The summed E-state index contributed by atoms with van der Waals surface area (Å²) in [6.07, 6.45) is 1.73. The molecule has 0 bridgehead atoms. The highest BCUT2D eigenvalue weighted by molar-refractivity contribution is 5.91. The molecule has 0 spiro atoms. The summed E-state index contributed by atoms with van der Waals surface area (Å²) >= 11 is 0. The number of nitrogens with zero attached hydrogens (tertiary/aromatic N) is 3. The zero-order chi connectivity index (χ0) is 21.5. The quantitative estimate of drug-likeness (QED) is 0.468. The topological polar surface area (TPSA) is 54.1 Å². The molecule has 1 aliphatic rings. The van der Waals surface area contributed by atoms with Crippen LogP contribution in [0, 0.1) is 12.3 Å². The van der Waals surface area contributed by atoms with Crippen LogP contribution in [0.4, 0.5) is 0 Å². The van der Waals surface area contributed by atoms with Crippen molar-refractivity contribution < 1.29 is 4.74 Å². The molecule has 0 aliphatic carbocycles. The van der Waals surface area contributed by atoms with Gasteiger partial charge >= 0.3 is 0 Å². The van der Waals surface area contributed by atoms with Crippen LogP contribution in [0.2, 0.25) is 0 Å². The Kier molecular flexibility index (Phi) is 4.83. The maximum atomic E-state index is 9.02. The first kappa shape index (κ1) is 19.5. The highest BCUT2D eigenvalue weighted by Gasteiger charge is 2.33. The molecule has 3 aromatic carbocycles. The third kappa shape index (κ3) is 3.41. The standard InChI is InChI=1S/C26H26N4O/c1-17-8-10-19(11-9-17)22-21-13-12-18-6-4-5-7-20(18)24(21)31-26-23(22)25(27)30(16-28-26)15-14-29(2)3/h4-13,16,22,27H,14-15H2,1-3H3. The SMILES string of the molecule is Cc1ccc(C2c3ccc4ccccc4c3Oc3ncn(CCN(C)C)c(=N)c32)cc1. The van der Waals surface area contributed by atoms with Crippen molar-refractivity contribution in [3.05, 3.63) is 94.7 Å². The minimum Gasteiger partial charge on any atom is -0.438 e. The zero-order valence-corrected chi connectivity index (χ0v) is 18.1. The number of rotatable bonds is 4. The summed E-state index contributed by atoms with van der Waals surface area (Å²) < 4.78 is 8.28. The number of ether oxygens (including phenoxy) is 1. The van der Waals surface area contributed by atoms with Crippen molar-refractivity contribution in [2.45, 2.75) is 19.4 Å². The van der Waals surface area contributed by atoms with Gasteiger partial charge in [0.15, 0.2) is 0 Å². The number of hydrogen-bond acceptors (Lipinski definition) is 4. The number of fused-ring (bicyclic) bond motifs is 4. The Bertz CT molecular complexity index is 1320. The number of benzene rings is 3. The maximum absolute atomic E-state index is 9.02. The predicted octanol–water partition coefficient (Wildman–Crippen LogP) is 4.67. The summed E-state index contributed by atoms with van der Waals surface area (Å²) in [6.45, 7) is 3.64. The molecule has 0 amide bonds. The van der Waals surface area contributed by atoms with Gasteiger partial charge in [-0.25, -0.2) is 4.98 Å². The molecular weight excluding hydrogens is 384 g/mol. The predicted molar refractivity (Wildman–Crippen MR) is 123 cm³/mol. The van der Waals surface area contributed by atoms with Crippen molar-refractivity contribution in [2.24, 2.45) is 0 Å². The van der Waals surface area contributed by atoms with Gasteiger partial charge in [-0.1, -0.05) is 66.2 Å². The molecule has 5 rings (SSSR count). The van der Waals surface area contributed by atoms with Crippen LogP contribution in [0.1, 0.15) is 28.2 Å². The molecule has 1 aliphatic heterocycles. The third-order valence-electron chi connectivity index (χ3n) is 5.99. The molecule has 0 saturated heterocycles. The largest absolute Gasteiger partial charge is 0.438 e. The summed E-state index contributed by atoms with van der Waals surface area (Å²) in [4.78, 5) is 6.77. The smallest absolute Gasteiger partial charge is 0.228 e. The summed E-state index contributed by atoms with van der Waals surface area (Å²) in [5.74, 6) is 1.27. The van der Waals surface area contributed by atoms with E-state index in [1.165, 1.54) is 5.56 Å². The van der Waals surface area contributed by atoms with Gasteiger partial charge < -0.3 is 14.2 Å². The second kappa shape index (κ2) is 7.67. The van der Waals surface area contributed by atoms with E-state index in [-0.39, 0.29) is 5.92 Å². The molecule has 4 aromatic rings. The van der Waals surface area contributed by atoms with E-state index in [0.29, 0.717) is 17.9 Å². The second-order valence-electron chi connectivity index (χ2n) is 8.46. The van der Waals surface area contributed by atoms with Crippen LogP contribution in [0.5, 0.6) is 11.6 Å². The lowest BCUT2D eigenvalue weighted by atomic mass is 9.82. The van der Waals surface area contributed by atoms with Crippen molar-refractivity contribution in [3.8, 4) is 11.6 Å². The molecule has 2 heterocycles. The summed E-state index contributed by atoms with van der Waals surface area (Å²) in [6, 6.07) is 21.1. The molecule has 0 radical (unpaired) electrons. The van der Waals surface area contributed by atoms with E-state index in [2.05, 4.69) is 65.3 Å². The lowest BCUT2D eigenvalue weighted by molar-refractivity contribution is 0.371. The van der Waals surface area contributed by atoms with Gasteiger partial charge in [0, 0.05) is 30.0 Å². The zero-order valence-electron chi connectivity index (χ0n) is 18.1. The first-order valence-corrected chi connectivity index (χ1v) is 10.6. The molecule has 1 aromatic heterocycles. The molecule has 0 saturated carbocycles. The summed E-state index contributed by atoms with van der Waals surface area (Å²) in [5.41, 5.74) is 4.72. The van der Waals surface area contributed by atoms with Crippen molar-refractivity contribution >= 4 is 10.8 Å². The Balaban J connectivity index is 1.75. The summed E-state index contributed by atoms with van der Waals surface area (Å²) in [7, 11) is 4.07. The van der Waals surface area contributed by atoms with E-state index in [0.717, 1.165) is 39.8 Å². The average molecular weight is 411 g/mol. The van der Waals surface area contributed by atoms with E-state index in [1.807, 2.05) is 30.8 Å². The van der Waals surface area contributed by atoms with Gasteiger partial charge in [0.1, 0.15) is 17.6 Å². The molecule has 5 heteroatoms.